The summed E-state index contributed by atoms with van der Waals surface area (Å²) in [4.78, 5) is 26.7. The highest BCUT2D eigenvalue weighted by atomic mass is 32.2. The Labute approximate surface area is 195 Å². The van der Waals surface area contributed by atoms with E-state index in [0.717, 1.165) is 19.3 Å². The third-order valence-electron chi connectivity index (χ3n) is 5.98. The van der Waals surface area contributed by atoms with Gasteiger partial charge in [0.15, 0.2) is 0 Å². The maximum Gasteiger partial charge on any atom is 0.338 e. The van der Waals surface area contributed by atoms with E-state index in [4.69, 9.17) is 13.9 Å². The van der Waals surface area contributed by atoms with E-state index in [2.05, 4.69) is 4.40 Å². The number of rotatable bonds is 4. The number of sulfonamides is 1. The summed E-state index contributed by atoms with van der Waals surface area (Å²) in [5.74, 6) is 0.362. The second-order valence-electron chi connectivity index (χ2n) is 8.16. The number of carbonyl (C=O) groups is 1. The van der Waals surface area contributed by atoms with Gasteiger partial charge in [0.05, 0.1) is 18.4 Å². The van der Waals surface area contributed by atoms with Gasteiger partial charge in [-0.25, -0.2) is 9.59 Å². The smallest absolute Gasteiger partial charge is 0.338 e. The van der Waals surface area contributed by atoms with E-state index in [1.54, 1.807) is 30.3 Å². The number of methoxy groups -OCH3 is 1. The van der Waals surface area contributed by atoms with E-state index in [9.17, 15) is 18.0 Å². The first-order valence-electron chi connectivity index (χ1n) is 10.9. The molecule has 0 spiro atoms. The molecule has 2 aromatic carbocycles. The number of fused-ring (bicyclic) bond motifs is 4. The number of nitrogens with zero attached hydrogens (tertiary/aromatic N) is 2. The number of esters is 1. The fraction of sp³-hybridized carbons (Fsp3) is 0.292. The van der Waals surface area contributed by atoms with Crippen LogP contribution >= 0.6 is 0 Å². The van der Waals surface area contributed by atoms with Crippen LogP contribution in [0.4, 0.5) is 5.69 Å². The highest BCUT2D eigenvalue weighted by Gasteiger charge is 2.32. The zero-order valence-corrected chi connectivity index (χ0v) is 19.3. The molecule has 0 radical (unpaired) electrons. The second-order valence-corrected chi connectivity index (χ2v) is 9.73. The normalized spacial score (nSPS) is 16.7. The fourth-order valence-corrected chi connectivity index (χ4v) is 5.57. The Kier molecular flexibility index (Phi) is 5.60. The molecule has 5 rings (SSSR count). The summed E-state index contributed by atoms with van der Waals surface area (Å²) in [5.41, 5.74) is 0.808. The first kappa shape index (κ1) is 22.1. The third-order valence-corrected chi connectivity index (χ3v) is 7.31. The molecule has 176 valence electrons. The van der Waals surface area contributed by atoms with Crippen molar-refractivity contribution in [3.63, 3.8) is 0 Å². The summed E-state index contributed by atoms with van der Waals surface area (Å²) in [6.45, 7) is 0.491. The summed E-state index contributed by atoms with van der Waals surface area (Å²) in [6, 6.07) is 10.7. The predicted molar refractivity (Wildman–Crippen MR) is 125 cm³/mol. The highest BCUT2D eigenvalue weighted by molar-refractivity contribution is 7.90. The lowest BCUT2D eigenvalue weighted by Gasteiger charge is -2.29. The van der Waals surface area contributed by atoms with Gasteiger partial charge in [-0.3, -0.25) is 0 Å². The van der Waals surface area contributed by atoms with Crippen LogP contribution in [0.3, 0.4) is 0 Å². The van der Waals surface area contributed by atoms with Gasteiger partial charge in [-0.2, -0.15) is 8.42 Å². The molecule has 1 fully saturated rings. The minimum Gasteiger partial charge on any atom is -0.497 e. The Morgan fingerprint density at radius 2 is 1.97 bits per heavy atom. The molecule has 1 saturated heterocycles. The maximum absolute atomic E-state index is 12.8. The number of hydrogen-bond acceptors (Lipinski definition) is 8. The van der Waals surface area contributed by atoms with E-state index in [1.165, 1.54) is 19.2 Å². The van der Waals surface area contributed by atoms with Gasteiger partial charge in [0.2, 0.25) is 0 Å². The average Bonchev–Trinajstić information content (AvgIpc) is 3.06. The predicted octanol–water partition coefficient (Wildman–Crippen LogP) is 3.64. The van der Waals surface area contributed by atoms with Gasteiger partial charge < -0.3 is 18.8 Å². The SMILES string of the molecule is COc1ccc2c(COC(=O)c3ccc4c(c3)S(=O)(=O)N=C3CCCCCN34)cc(=O)oc2c1. The second kappa shape index (κ2) is 8.60. The first-order chi connectivity index (χ1) is 16.4. The molecule has 0 bridgehead atoms. The van der Waals surface area contributed by atoms with Crippen LogP contribution in [0.5, 0.6) is 5.75 Å². The van der Waals surface area contributed by atoms with E-state index in [0.29, 0.717) is 46.8 Å². The van der Waals surface area contributed by atoms with Crippen molar-refractivity contribution in [2.45, 2.75) is 37.2 Å². The van der Waals surface area contributed by atoms with Gasteiger partial charge in [-0.15, -0.1) is 4.40 Å². The molecule has 2 aliphatic rings. The van der Waals surface area contributed by atoms with Crippen LogP contribution in [0, 0.1) is 0 Å². The average molecular weight is 483 g/mol. The van der Waals surface area contributed by atoms with Gasteiger partial charge in [0.1, 0.15) is 28.7 Å². The van der Waals surface area contributed by atoms with E-state index < -0.39 is 21.6 Å². The molecule has 0 atom stereocenters. The third kappa shape index (κ3) is 4.05. The Morgan fingerprint density at radius 1 is 1.12 bits per heavy atom. The minimum absolute atomic E-state index is 0.00880. The molecule has 0 N–H and O–H groups in total. The van der Waals surface area contributed by atoms with E-state index >= 15 is 0 Å². The number of amidine groups is 1. The van der Waals surface area contributed by atoms with Crippen molar-refractivity contribution in [1.82, 2.24) is 0 Å². The van der Waals surface area contributed by atoms with Gasteiger partial charge in [0.25, 0.3) is 10.0 Å². The molecule has 3 aromatic rings. The minimum atomic E-state index is -3.92. The highest BCUT2D eigenvalue weighted by Crippen LogP contribution is 2.35. The van der Waals surface area contributed by atoms with Gasteiger partial charge >= 0.3 is 11.6 Å². The molecule has 1 aromatic heterocycles. The molecule has 9 nitrogen and oxygen atoms in total. The first-order valence-corrected chi connectivity index (χ1v) is 12.3. The molecule has 0 amide bonds. The van der Waals surface area contributed by atoms with Crippen molar-refractivity contribution in [3.05, 3.63) is 64.0 Å². The van der Waals surface area contributed by atoms with Crippen LogP contribution in [0.25, 0.3) is 11.0 Å². The zero-order valence-electron chi connectivity index (χ0n) is 18.4. The van der Waals surface area contributed by atoms with Crippen molar-refractivity contribution in [3.8, 4) is 5.75 Å². The summed E-state index contributed by atoms with van der Waals surface area (Å²) in [7, 11) is -2.42. The Balaban J connectivity index is 1.42. The fourth-order valence-electron chi connectivity index (χ4n) is 4.29. The topological polar surface area (TPSA) is 115 Å². The quantitative estimate of drug-likeness (QED) is 0.409. The van der Waals surface area contributed by atoms with E-state index in [1.807, 2.05) is 4.90 Å². The largest absolute Gasteiger partial charge is 0.497 e. The van der Waals surface area contributed by atoms with Crippen LogP contribution in [-0.2, 0) is 21.4 Å². The van der Waals surface area contributed by atoms with Crippen molar-refractivity contribution in [2.75, 3.05) is 18.6 Å². The number of anilines is 1. The lowest BCUT2D eigenvalue weighted by molar-refractivity contribution is 0.0473. The lowest BCUT2D eigenvalue weighted by Crippen LogP contribution is -2.35. The van der Waals surface area contributed by atoms with Crippen LogP contribution in [0.2, 0.25) is 0 Å². The molecule has 2 aliphatic heterocycles. The summed E-state index contributed by atoms with van der Waals surface area (Å²) in [6.07, 6.45) is 3.44. The Bertz CT molecular complexity index is 1490. The van der Waals surface area contributed by atoms with Crippen LogP contribution in [-0.4, -0.2) is 33.9 Å². The molecule has 34 heavy (non-hydrogen) atoms. The van der Waals surface area contributed by atoms with Crippen molar-refractivity contribution in [1.29, 1.82) is 0 Å². The number of hydrogen-bond donors (Lipinski definition) is 0. The molecule has 10 heteroatoms. The Morgan fingerprint density at radius 3 is 2.79 bits per heavy atom. The van der Waals surface area contributed by atoms with Crippen molar-refractivity contribution in [2.24, 2.45) is 4.40 Å². The van der Waals surface area contributed by atoms with E-state index in [-0.39, 0.29) is 17.1 Å². The van der Waals surface area contributed by atoms with Gasteiger partial charge in [-0.05, 0) is 43.2 Å². The molecule has 0 saturated carbocycles. The summed E-state index contributed by atoms with van der Waals surface area (Å²) < 4.78 is 45.4. The van der Waals surface area contributed by atoms with Crippen molar-refractivity contribution < 1.29 is 27.1 Å². The molecule has 3 heterocycles. The molecule has 0 unspecified atom stereocenters. The molecule has 0 aliphatic carbocycles. The number of benzene rings is 2. The number of carbonyl (C=O) groups excluding carboxylic acids is 1. The molecular weight excluding hydrogens is 460 g/mol. The monoisotopic (exact) mass is 482 g/mol. The molecular formula is C24H22N2O7S. The van der Waals surface area contributed by atoms with Crippen LogP contribution in [0.15, 0.2) is 61.0 Å². The summed E-state index contributed by atoms with van der Waals surface area (Å²) >= 11 is 0. The van der Waals surface area contributed by atoms with Crippen LogP contribution in [0.1, 0.15) is 41.6 Å². The Hall–Kier alpha value is -3.66. The van der Waals surface area contributed by atoms with Gasteiger partial charge in [0, 0.05) is 36.0 Å². The number of ether oxygens (including phenoxy) is 2. The van der Waals surface area contributed by atoms with Crippen molar-refractivity contribution >= 4 is 38.5 Å². The lowest BCUT2D eigenvalue weighted by atomic mass is 10.1. The zero-order chi connectivity index (χ0) is 23.9. The van der Waals surface area contributed by atoms with Gasteiger partial charge in [-0.1, -0.05) is 6.42 Å². The van der Waals surface area contributed by atoms with Crippen LogP contribution < -0.4 is 15.3 Å². The summed E-state index contributed by atoms with van der Waals surface area (Å²) in [5, 5.41) is 0.601. The standard InChI is InChI=1S/C24H22N2O7S/c1-31-17-7-8-18-16(12-23(27)33-20(18)13-17)14-32-24(28)15-6-9-19-21(11-15)34(29,30)25-22-5-3-2-4-10-26(19)22/h6-9,11-13H,2-5,10,14H2,1H3. The maximum atomic E-state index is 12.8.